The van der Waals surface area contributed by atoms with Gasteiger partial charge in [-0.3, -0.25) is 4.90 Å². The van der Waals surface area contributed by atoms with E-state index in [0.717, 1.165) is 39.3 Å². The second-order valence-corrected chi connectivity index (χ2v) is 5.47. The molecule has 0 saturated carbocycles. The summed E-state index contributed by atoms with van der Waals surface area (Å²) in [5.74, 6) is 0. The molecule has 1 atom stereocenters. The van der Waals surface area contributed by atoms with Crippen molar-refractivity contribution < 1.29 is 9.84 Å². The number of hydrogen-bond acceptors (Lipinski definition) is 5. The first-order valence-electron chi connectivity index (χ1n) is 7.69. The number of para-hydroxylation sites is 1. The van der Waals surface area contributed by atoms with E-state index in [9.17, 15) is 5.11 Å². The Kier molecular flexibility index (Phi) is 6.95. The van der Waals surface area contributed by atoms with Crippen LogP contribution < -0.4 is 10.2 Å². The molecule has 0 bridgehead atoms. The van der Waals surface area contributed by atoms with Crippen molar-refractivity contribution in [2.24, 2.45) is 0 Å². The largest absolute Gasteiger partial charge is 0.390 e. The maximum atomic E-state index is 10.0. The van der Waals surface area contributed by atoms with Crippen molar-refractivity contribution in [3.63, 3.8) is 0 Å². The molecule has 1 unspecified atom stereocenters. The lowest BCUT2D eigenvalue weighted by molar-refractivity contribution is 0.105. The van der Waals surface area contributed by atoms with Crippen molar-refractivity contribution >= 4 is 5.69 Å². The van der Waals surface area contributed by atoms with Gasteiger partial charge in [0, 0.05) is 58.6 Å². The summed E-state index contributed by atoms with van der Waals surface area (Å²) in [5, 5.41) is 13.2. The zero-order chi connectivity index (χ0) is 14.9. The summed E-state index contributed by atoms with van der Waals surface area (Å²) in [6.45, 7) is 6.89. The smallest absolute Gasteiger partial charge is 0.0791 e. The molecular weight excluding hydrogens is 266 g/mol. The van der Waals surface area contributed by atoms with E-state index in [1.165, 1.54) is 5.69 Å². The highest BCUT2D eigenvalue weighted by molar-refractivity contribution is 5.46. The van der Waals surface area contributed by atoms with Gasteiger partial charge in [-0.1, -0.05) is 18.2 Å². The van der Waals surface area contributed by atoms with E-state index in [0.29, 0.717) is 13.2 Å². The molecule has 2 rings (SSSR count). The minimum Gasteiger partial charge on any atom is -0.390 e. The molecular formula is C16H27N3O2. The SMILES string of the molecule is COCCNCC(O)CN1CCN(c2ccccc2)CC1. The van der Waals surface area contributed by atoms with Gasteiger partial charge in [0.1, 0.15) is 0 Å². The Morgan fingerprint density at radius 3 is 2.57 bits per heavy atom. The molecule has 1 aromatic carbocycles. The van der Waals surface area contributed by atoms with Gasteiger partial charge in [0.05, 0.1) is 12.7 Å². The summed E-state index contributed by atoms with van der Waals surface area (Å²) in [7, 11) is 1.68. The number of rotatable bonds is 8. The Morgan fingerprint density at radius 2 is 1.90 bits per heavy atom. The van der Waals surface area contributed by atoms with Gasteiger partial charge < -0.3 is 20.1 Å². The Bertz CT molecular complexity index is 380. The molecule has 5 nitrogen and oxygen atoms in total. The van der Waals surface area contributed by atoms with E-state index < -0.39 is 0 Å². The average Bonchev–Trinajstić information content (AvgIpc) is 2.53. The van der Waals surface area contributed by atoms with Gasteiger partial charge in [0.15, 0.2) is 0 Å². The number of piperazine rings is 1. The van der Waals surface area contributed by atoms with E-state index in [1.807, 2.05) is 6.07 Å². The van der Waals surface area contributed by atoms with Gasteiger partial charge in [-0.05, 0) is 12.1 Å². The van der Waals surface area contributed by atoms with Gasteiger partial charge in [-0.15, -0.1) is 0 Å². The monoisotopic (exact) mass is 293 g/mol. The van der Waals surface area contributed by atoms with Crippen LogP contribution in [0.5, 0.6) is 0 Å². The molecule has 0 spiro atoms. The predicted molar refractivity (Wildman–Crippen MR) is 85.8 cm³/mol. The lowest BCUT2D eigenvalue weighted by atomic mass is 10.2. The van der Waals surface area contributed by atoms with E-state index in [-0.39, 0.29) is 6.10 Å². The molecule has 0 amide bonds. The number of methoxy groups -OCH3 is 1. The van der Waals surface area contributed by atoms with Crippen LogP contribution in [-0.2, 0) is 4.74 Å². The molecule has 1 aromatic rings. The number of aliphatic hydroxyl groups excluding tert-OH is 1. The van der Waals surface area contributed by atoms with Gasteiger partial charge >= 0.3 is 0 Å². The fourth-order valence-corrected chi connectivity index (χ4v) is 2.63. The molecule has 1 aliphatic heterocycles. The van der Waals surface area contributed by atoms with Crippen molar-refractivity contribution in [1.82, 2.24) is 10.2 Å². The van der Waals surface area contributed by atoms with Crippen molar-refractivity contribution in [3.05, 3.63) is 30.3 Å². The number of ether oxygens (including phenoxy) is 1. The molecule has 5 heteroatoms. The summed E-state index contributed by atoms with van der Waals surface area (Å²) in [5.41, 5.74) is 1.29. The van der Waals surface area contributed by atoms with E-state index in [2.05, 4.69) is 39.4 Å². The third-order valence-corrected chi connectivity index (χ3v) is 3.83. The van der Waals surface area contributed by atoms with Crippen molar-refractivity contribution in [2.75, 3.05) is 64.4 Å². The van der Waals surface area contributed by atoms with Crippen molar-refractivity contribution in [1.29, 1.82) is 0 Å². The topological polar surface area (TPSA) is 48.0 Å². The number of β-amino-alcohol motifs (C(OH)–C–C–N with tert-alkyl or cyclic N) is 1. The summed E-state index contributed by atoms with van der Waals surface area (Å²) in [6, 6.07) is 10.5. The molecule has 118 valence electrons. The van der Waals surface area contributed by atoms with Crippen LogP contribution in [0.3, 0.4) is 0 Å². The first-order chi connectivity index (χ1) is 10.3. The van der Waals surface area contributed by atoms with E-state index >= 15 is 0 Å². The number of aliphatic hydroxyl groups is 1. The third kappa shape index (κ3) is 5.63. The fourth-order valence-electron chi connectivity index (χ4n) is 2.63. The second kappa shape index (κ2) is 9.00. The molecule has 21 heavy (non-hydrogen) atoms. The van der Waals surface area contributed by atoms with Gasteiger partial charge in [-0.25, -0.2) is 0 Å². The van der Waals surface area contributed by atoms with Crippen LogP contribution in [0.1, 0.15) is 0 Å². The van der Waals surface area contributed by atoms with Crippen molar-refractivity contribution in [2.45, 2.75) is 6.10 Å². The average molecular weight is 293 g/mol. The van der Waals surface area contributed by atoms with Crippen LogP contribution in [0.15, 0.2) is 30.3 Å². The highest BCUT2D eigenvalue weighted by Gasteiger charge is 2.19. The highest BCUT2D eigenvalue weighted by atomic mass is 16.5. The molecule has 0 radical (unpaired) electrons. The lowest BCUT2D eigenvalue weighted by Crippen LogP contribution is -2.49. The van der Waals surface area contributed by atoms with Crippen LogP contribution in [0, 0.1) is 0 Å². The molecule has 0 aliphatic carbocycles. The quantitative estimate of drug-likeness (QED) is 0.680. The van der Waals surface area contributed by atoms with Crippen LogP contribution in [0.25, 0.3) is 0 Å². The Morgan fingerprint density at radius 1 is 1.19 bits per heavy atom. The van der Waals surface area contributed by atoms with Crippen LogP contribution in [0.4, 0.5) is 5.69 Å². The summed E-state index contributed by atoms with van der Waals surface area (Å²) < 4.78 is 4.97. The molecule has 1 fully saturated rings. The molecule has 1 saturated heterocycles. The first kappa shape index (κ1) is 16.2. The lowest BCUT2D eigenvalue weighted by Gasteiger charge is -2.36. The Hall–Kier alpha value is -1.14. The Balaban J connectivity index is 1.65. The maximum Gasteiger partial charge on any atom is 0.0791 e. The summed E-state index contributed by atoms with van der Waals surface area (Å²) >= 11 is 0. The standard InChI is InChI=1S/C16H27N3O2/c1-21-12-7-17-13-16(20)14-18-8-10-19(11-9-18)15-5-3-2-4-6-15/h2-6,16-17,20H,7-14H2,1H3. The molecule has 0 aromatic heterocycles. The van der Waals surface area contributed by atoms with Gasteiger partial charge in [-0.2, -0.15) is 0 Å². The number of benzene rings is 1. The van der Waals surface area contributed by atoms with Crippen LogP contribution in [-0.4, -0.2) is 75.6 Å². The molecule has 1 heterocycles. The van der Waals surface area contributed by atoms with Crippen molar-refractivity contribution in [3.8, 4) is 0 Å². The Labute approximate surface area is 127 Å². The van der Waals surface area contributed by atoms with E-state index in [4.69, 9.17) is 4.74 Å². The zero-order valence-corrected chi connectivity index (χ0v) is 12.9. The second-order valence-electron chi connectivity index (χ2n) is 5.47. The normalized spacial score (nSPS) is 17.9. The summed E-state index contributed by atoms with van der Waals surface area (Å²) in [6.07, 6.45) is -0.315. The van der Waals surface area contributed by atoms with Crippen LogP contribution in [0.2, 0.25) is 0 Å². The third-order valence-electron chi connectivity index (χ3n) is 3.83. The van der Waals surface area contributed by atoms with Gasteiger partial charge in [0.2, 0.25) is 0 Å². The number of nitrogens with one attached hydrogen (secondary N) is 1. The zero-order valence-electron chi connectivity index (χ0n) is 12.9. The summed E-state index contributed by atoms with van der Waals surface area (Å²) in [4.78, 5) is 4.74. The first-order valence-corrected chi connectivity index (χ1v) is 7.69. The molecule has 1 aliphatic rings. The van der Waals surface area contributed by atoms with Crippen LogP contribution >= 0.6 is 0 Å². The number of anilines is 1. The number of hydrogen-bond donors (Lipinski definition) is 2. The highest BCUT2D eigenvalue weighted by Crippen LogP contribution is 2.15. The van der Waals surface area contributed by atoms with Gasteiger partial charge in [0.25, 0.3) is 0 Å². The van der Waals surface area contributed by atoms with E-state index in [1.54, 1.807) is 7.11 Å². The predicted octanol–water partition coefficient (Wildman–Crippen LogP) is 0.406. The minimum absolute atomic E-state index is 0.315. The maximum absolute atomic E-state index is 10.0. The number of nitrogens with zero attached hydrogens (tertiary/aromatic N) is 2. The fraction of sp³-hybridized carbons (Fsp3) is 0.625. The minimum atomic E-state index is -0.315. The molecule has 2 N–H and O–H groups in total.